The average Bonchev–Trinajstić information content (AvgIpc) is 2.88. The number of carbonyl (C=O) groups excluding carboxylic acids is 1. The van der Waals surface area contributed by atoms with Crippen LogP contribution in [0.2, 0.25) is 0 Å². The number of hydrogen-bond donors (Lipinski definition) is 2. The van der Waals surface area contributed by atoms with Gasteiger partial charge in [0.1, 0.15) is 0 Å². The van der Waals surface area contributed by atoms with E-state index in [1.165, 1.54) is 0 Å². The molecule has 0 unspecified atom stereocenters. The summed E-state index contributed by atoms with van der Waals surface area (Å²) in [5, 5.41) is 13.6. The minimum Gasteiger partial charge on any atom is -0.349 e. The highest BCUT2D eigenvalue weighted by atomic mass is 16.2. The summed E-state index contributed by atoms with van der Waals surface area (Å²) >= 11 is 0. The highest BCUT2D eigenvalue weighted by Gasteiger charge is 2.10. The van der Waals surface area contributed by atoms with E-state index in [2.05, 4.69) is 20.9 Å². The number of likely N-dealkylation sites (N-methyl/N-ethyl adjacent to an activating group) is 1. The lowest BCUT2D eigenvalue weighted by Crippen LogP contribution is -2.30. The summed E-state index contributed by atoms with van der Waals surface area (Å²) in [5.41, 5.74) is 2.34. The zero-order valence-electron chi connectivity index (χ0n) is 11.1. The molecule has 0 aliphatic carbocycles. The van der Waals surface area contributed by atoms with E-state index in [0.29, 0.717) is 12.2 Å². The lowest BCUT2D eigenvalue weighted by atomic mass is 10.2. The van der Waals surface area contributed by atoms with Crippen molar-refractivity contribution in [3.8, 4) is 5.69 Å². The largest absolute Gasteiger partial charge is 0.349 e. The van der Waals surface area contributed by atoms with Crippen molar-refractivity contribution in [2.45, 2.75) is 6.92 Å². The predicted molar refractivity (Wildman–Crippen MR) is 72.4 cm³/mol. The molecule has 1 heterocycles. The minimum atomic E-state index is -0.214. The Hall–Kier alpha value is -2.21. The molecule has 0 spiro atoms. The lowest BCUT2D eigenvalue weighted by Gasteiger charge is -2.01. The van der Waals surface area contributed by atoms with E-state index in [1.54, 1.807) is 10.9 Å². The predicted octanol–water partition coefficient (Wildman–Crippen LogP) is 0.525. The van der Waals surface area contributed by atoms with Crippen molar-refractivity contribution >= 4 is 5.91 Å². The summed E-state index contributed by atoms with van der Waals surface area (Å²) in [6.45, 7) is 3.29. The van der Waals surface area contributed by atoms with Crippen LogP contribution in [0, 0.1) is 6.92 Å². The Balaban J connectivity index is 2.08. The maximum atomic E-state index is 11.8. The Labute approximate surface area is 111 Å². The van der Waals surface area contributed by atoms with Gasteiger partial charge in [-0.3, -0.25) is 4.79 Å². The van der Waals surface area contributed by atoms with Crippen LogP contribution in [0.1, 0.15) is 16.1 Å². The van der Waals surface area contributed by atoms with Gasteiger partial charge in [0.2, 0.25) is 0 Å². The molecule has 100 valence electrons. The molecule has 0 aliphatic rings. The van der Waals surface area contributed by atoms with Crippen LogP contribution in [-0.4, -0.2) is 41.0 Å². The molecule has 0 fully saturated rings. The molecule has 0 saturated carbocycles. The van der Waals surface area contributed by atoms with Crippen LogP contribution in [0.15, 0.2) is 30.5 Å². The molecule has 19 heavy (non-hydrogen) atoms. The average molecular weight is 259 g/mol. The Kier molecular flexibility index (Phi) is 4.25. The van der Waals surface area contributed by atoms with Gasteiger partial charge in [-0.1, -0.05) is 17.3 Å². The molecule has 2 aromatic rings. The SMILES string of the molecule is CNCCNC(=O)c1cn(-c2cccc(C)c2)nn1. The standard InChI is InChI=1S/C13H17N5O/c1-10-4-3-5-11(8-10)18-9-12(16-17-18)13(19)15-7-6-14-2/h3-5,8-9,14H,6-7H2,1-2H3,(H,15,19). The smallest absolute Gasteiger partial charge is 0.273 e. The van der Waals surface area contributed by atoms with E-state index in [-0.39, 0.29) is 5.91 Å². The monoisotopic (exact) mass is 259 g/mol. The Morgan fingerprint density at radius 1 is 1.37 bits per heavy atom. The van der Waals surface area contributed by atoms with E-state index < -0.39 is 0 Å². The van der Waals surface area contributed by atoms with Gasteiger partial charge in [0.15, 0.2) is 5.69 Å². The Morgan fingerprint density at radius 2 is 2.21 bits per heavy atom. The quantitative estimate of drug-likeness (QED) is 0.768. The fourth-order valence-electron chi connectivity index (χ4n) is 1.66. The first kappa shape index (κ1) is 13.2. The van der Waals surface area contributed by atoms with E-state index in [0.717, 1.165) is 17.8 Å². The van der Waals surface area contributed by atoms with Gasteiger partial charge in [0, 0.05) is 13.1 Å². The molecule has 0 aliphatic heterocycles. The van der Waals surface area contributed by atoms with Crippen molar-refractivity contribution in [3.05, 3.63) is 41.7 Å². The maximum Gasteiger partial charge on any atom is 0.273 e. The fraction of sp³-hybridized carbons (Fsp3) is 0.308. The van der Waals surface area contributed by atoms with E-state index in [4.69, 9.17) is 0 Å². The van der Waals surface area contributed by atoms with Gasteiger partial charge in [0.05, 0.1) is 11.9 Å². The summed E-state index contributed by atoms with van der Waals surface area (Å²) in [6.07, 6.45) is 1.63. The number of amides is 1. The zero-order valence-corrected chi connectivity index (χ0v) is 11.1. The molecule has 0 radical (unpaired) electrons. The van der Waals surface area contributed by atoms with Gasteiger partial charge in [-0.15, -0.1) is 5.10 Å². The van der Waals surface area contributed by atoms with Crippen LogP contribution >= 0.6 is 0 Å². The third kappa shape index (κ3) is 3.38. The molecule has 1 aromatic carbocycles. The Bertz CT molecular complexity index is 564. The molecule has 1 aromatic heterocycles. The van der Waals surface area contributed by atoms with Crippen molar-refractivity contribution in [2.75, 3.05) is 20.1 Å². The first-order chi connectivity index (χ1) is 9.20. The second-order valence-electron chi connectivity index (χ2n) is 4.25. The number of carbonyl (C=O) groups is 1. The zero-order chi connectivity index (χ0) is 13.7. The van der Waals surface area contributed by atoms with E-state index in [1.807, 2.05) is 38.2 Å². The van der Waals surface area contributed by atoms with Crippen molar-refractivity contribution in [2.24, 2.45) is 0 Å². The van der Waals surface area contributed by atoms with Crippen LogP contribution in [0.25, 0.3) is 5.69 Å². The molecule has 0 atom stereocenters. The molecule has 1 amide bonds. The van der Waals surface area contributed by atoms with Crippen molar-refractivity contribution in [1.29, 1.82) is 0 Å². The first-order valence-corrected chi connectivity index (χ1v) is 6.13. The number of nitrogens with one attached hydrogen (secondary N) is 2. The van der Waals surface area contributed by atoms with Crippen molar-refractivity contribution < 1.29 is 4.79 Å². The molecule has 6 nitrogen and oxygen atoms in total. The number of hydrogen-bond acceptors (Lipinski definition) is 4. The summed E-state index contributed by atoms with van der Waals surface area (Å²) in [4.78, 5) is 11.8. The van der Waals surface area contributed by atoms with Gasteiger partial charge in [0.25, 0.3) is 5.91 Å². The van der Waals surface area contributed by atoms with E-state index >= 15 is 0 Å². The third-order valence-corrected chi connectivity index (χ3v) is 2.65. The molecular weight excluding hydrogens is 242 g/mol. The van der Waals surface area contributed by atoms with Gasteiger partial charge in [-0.25, -0.2) is 4.68 Å². The van der Waals surface area contributed by atoms with Gasteiger partial charge >= 0.3 is 0 Å². The van der Waals surface area contributed by atoms with Crippen LogP contribution in [0.4, 0.5) is 0 Å². The third-order valence-electron chi connectivity index (χ3n) is 2.65. The number of benzene rings is 1. The molecule has 2 rings (SSSR count). The number of aromatic nitrogens is 3. The molecule has 0 saturated heterocycles. The molecule has 6 heteroatoms. The van der Waals surface area contributed by atoms with Gasteiger partial charge in [-0.2, -0.15) is 0 Å². The van der Waals surface area contributed by atoms with Gasteiger partial charge in [-0.05, 0) is 31.7 Å². The van der Waals surface area contributed by atoms with Crippen LogP contribution in [0.5, 0.6) is 0 Å². The van der Waals surface area contributed by atoms with Gasteiger partial charge < -0.3 is 10.6 Å². The summed E-state index contributed by atoms with van der Waals surface area (Å²) < 4.78 is 1.60. The summed E-state index contributed by atoms with van der Waals surface area (Å²) in [5.74, 6) is -0.214. The lowest BCUT2D eigenvalue weighted by molar-refractivity contribution is 0.0949. The maximum absolute atomic E-state index is 11.8. The Morgan fingerprint density at radius 3 is 2.95 bits per heavy atom. The number of nitrogens with zero attached hydrogens (tertiary/aromatic N) is 3. The second-order valence-corrected chi connectivity index (χ2v) is 4.25. The molecular formula is C13H17N5O. The highest BCUT2D eigenvalue weighted by molar-refractivity contribution is 5.91. The fourth-order valence-corrected chi connectivity index (χ4v) is 1.66. The van der Waals surface area contributed by atoms with Crippen LogP contribution in [-0.2, 0) is 0 Å². The van der Waals surface area contributed by atoms with Crippen LogP contribution < -0.4 is 10.6 Å². The summed E-state index contributed by atoms with van der Waals surface area (Å²) in [7, 11) is 1.83. The number of rotatable bonds is 5. The topological polar surface area (TPSA) is 71.8 Å². The van der Waals surface area contributed by atoms with Crippen molar-refractivity contribution in [3.63, 3.8) is 0 Å². The normalized spacial score (nSPS) is 10.4. The minimum absolute atomic E-state index is 0.214. The highest BCUT2D eigenvalue weighted by Crippen LogP contribution is 2.08. The van der Waals surface area contributed by atoms with E-state index in [9.17, 15) is 4.79 Å². The van der Waals surface area contributed by atoms with Crippen LogP contribution in [0.3, 0.4) is 0 Å². The second kappa shape index (κ2) is 6.10. The molecule has 0 bridgehead atoms. The number of aryl methyl sites for hydroxylation is 1. The van der Waals surface area contributed by atoms with Crippen molar-refractivity contribution in [1.82, 2.24) is 25.6 Å². The molecule has 2 N–H and O–H groups in total. The summed E-state index contributed by atoms with van der Waals surface area (Å²) in [6, 6.07) is 7.85. The first-order valence-electron chi connectivity index (χ1n) is 6.13.